The molecule has 3 rings (SSSR count). The van der Waals surface area contributed by atoms with Crippen LogP contribution in [-0.2, 0) is 0 Å². The fourth-order valence-corrected chi connectivity index (χ4v) is 16.0. The zero-order chi connectivity index (χ0) is 21.2. The van der Waals surface area contributed by atoms with E-state index in [1.54, 1.807) is 0 Å². The first kappa shape index (κ1) is 24.0. The minimum Gasteiger partial charge on any atom is -0.0882 e. The summed E-state index contributed by atoms with van der Waals surface area (Å²) < 4.78 is 0. The maximum atomic E-state index is 2.71. The van der Waals surface area contributed by atoms with Gasteiger partial charge in [0.05, 0.1) is 0 Å². The van der Waals surface area contributed by atoms with Crippen LogP contribution in [0, 0.1) is 0 Å². The van der Waals surface area contributed by atoms with Crippen LogP contribution in [0.2, 0.25) is 0 Å². The molecule has 1 atom stereocenters. The Morgan fingerprint density at radius 1 is 0.724 bits per heavy atom. The molecule has 2 heteroatoms. The van der Waals surface area contributed by atoms with Crippen LogP contribution in [0.15, 0.2) is 23.0 Å². The molecule has 0 N–H and O–H groups in total. The number of hydrogen-bond donors (Lipinski definition) is 0. The minimum absolute atomic E-state index is 0.0368. The smallest absolute Gasteiger partial charge is 0.00260 e. The molecule has 0 spiro atoms. The van der Waals surface area contributed by atoms with Crippen molar-refractivity contribution in [3.05, 3.63) is 23.0 Å². The molecule has 0 bridgehead atoms. The van der Waals surface area contributed by atoms with Crippen molar-refractivity contribution in [1.29, 1.82) is 0 Å². The lowest BCUT2D eigenvalue weighted by atomic mass is 9.99. The molecule has 0 unspecified atom stereocenters. The summed E-state index contributed by atoms with van der Waals surface area (Å²) in [4.78, 5) is 0. The molecule has 3 aliphatic rings. The molecular weight excluding hydrogens is 386 g/mol. The molecule has 0 nitrogen and oxygen atoms in total. The van der Waals surface area contributed by atoms with Gasteiger partial charge in [0.2, 0.25) is 0 Å². The SMILES string of the molecule is C[C@H](C1=CCC=C1P(C1CCCCC1)C1CCCCC1)P(C(C)(C)C)C(C)(C)C. The van der Waals surface area contributed by atoms with Crippen LogP contribution in [0.25, 0.3) is 0 Å². The zero-order valence-corrected chi connectivity index (χ0v) is 22.3. The lowest BCUT2D eigenvalue weighted by molar-refractivity contribution is 0.486. The third-order valence-electron chi connectivity index (χ3n) is 7.44. The molecule has 0 aromatic rings. The Hall–Kier alpha value is 0.340. The van der Waals surface area contributed by atoms with Crippen molar-refractivity contribution < 1.29 is 0 Å². The molecule has 0 radical (unpaired) electrons. The molecule has 0 heterocycles. The number of rotatable bonds is 5. The highest BCUT2D eigenvalue weighted by molar-refractivity contribution is 7.64. The van der Waals surface area contributed by atoms with Crippen molar-refractivity contribution in [1.82, 2.24) is 0 Å². The summed E-state index contributed by atoms with van der Waals surface area (Å²) in [7, 11) is -0.0632. The maximum absolute atomic E-state index is 2.71. The molecule has 2 fully saturated rings. The van der Waals surface area contributed by atoms with Gasteiger partial charge >= 0.3 is 0 Å². The second kappa shape index (κ2) is 9.86. The van der Waals surface area contributed by atoms with Gasteiger partial charge in [-0.3, -0.25) is 0 Å². The Morgan fingerprint density at radius 2 is 1.17 bits per heavy atom. The summed E-state index contributed by atoms with van der Waals surface area (Å²) in [5.74, 6) is 0. The van der Waals surface area contributed by atoms with E-state index < -0.39 is 0 Å². The molecular formula is C27H48P2. The number of hydrogen-bond acceptors (Lipinski definition) is 0. The van der Waals surface area contributed by atoms with Gasteiger partial charge in [-0.1, -0.05) is 115 Å². The monoisotopic (exact) mass is 434 g/mol. The summed E-state index contributed by atoms with van der Waals surface area (Å²) in [5.41, 5.74) is 4.59. The van der Waals surface area contributed by atoms with E-state index in [0.29, 0.717) is 10.3 Å². The van der Waals surface area contributed by atoms with Gasteiger partial charge in [-0.2, -0.15) is 0 Å². The van der Waals surface area contributed by atoms with Gasteiger partial charge in [0.15, 0.2) is 0 Å². The highest BCUT2D eigenvalue weighted by atomic mass is 31.1. The first-order chi connectivity index (χ1) is 13.6. The summed E-state index contributed by atoms with van der Waals surface area (Å²) >= 11 is 0. The van der Waals surface area contributed by atoms with Gasteiger partial charge in [-0.15, -0.1) is 0 Å². The normalized spacial score (nSPS) is 24.2. The first-order valence-electron chi connectivity index (χ1n) is 12.6. The highest BCUT2D eigenvalue weighted by Crippen LogP contribution is 2.69. The number of allylic oxidation sites excluding steroid dienone is 4. The van der Waals surface area contributed by atoms with Crippen LogP contribution >= 0.6 is 15.8 Å². The predicted molar refractivity (Wildman–Crippen MR) is 137 cm³/mol. The predicted octanol–water partition coefficient (Wildman–Crippen LogP) is 9.82. The van der Waals surface area contributed by atoms with Crippen molar-refractivity contribution in [3.63, 3.8) is 0 Å². The Balaban J connectivity index is 1.90. The van der Waals surface area contributed by atoms with Gasteiger partial charge in [0, 0.05) is 5.66 Å². The Labute approximate surface area is 185 Å². The van der Waals surface area contributed by atoms with Crippen LogP contribution < -0.4 is 0 Å². The standard InChI is InChI=1S/C27H48P2/c1-21(29(26(2,3)4)27(5,6)7)24-19-14-20-25(24)28(22-15-10-8-11-16-22)23-17-12-9-13-18-23/h19-23H,8-18H2,1-7H3/t21-/m1/s1. The first-order valence-corrected chi connectivity index (χ1v) is 15.5. The summed E-state index contributed by atoms with van der Waals surface area (Å²) in [6.07, 6.45) is 21.6. The zero-order valence-electron chi connectivity index (χ0n) is 20.6. The van der Waals surface area contributed by atoms with Crippen molar-refractivity contribution in [2.75, 3.05) is 0 Å². The van der Waals surface area contributed by atoms with Crippen LogP contribution in [0.3, 0.4) is 0 Å². The van der Waals surface area contributed by atoms with Crippen LogP contribution in [0.1, 0.15) is 119 Å². The van der Waals surface area contributed by atoms with E-state index in [0.717, 1.165) is 17.0 Å². The third kappa shape index (κ3) is 5.78. The van der Waals surface area contributed by atoms with E-state index in [9.17, 15) is 0 Å². The Kier molecular flexibility index (Phi) is 8.16. The lowest BCUT2D eigenvalue weighted by Gasteiger charge is -2.47. The maximum Gasteiger partial charge on any atom is 0.00260 e. The van der Waals surface area contributed by atoms with E-state index in [1.807, 2.05) is 10.9 Å². The highest BCUT2D eigenvalue weighted by Gasteiger charge is 2.43. The summed E-state index contributed by atoms with van der Waals surface area (Å²) in [6.45, 7) is 17.6. The van der Waals surface area contributed by atoms with E-state index in [1.165, 1.54) is 70.6 Å². The second-order valence-corrected chi connectivity index (χ2v) is 18.8. The lowest BCUT2D eigenvalue weighted by Crippen LogP contribution is -2.31. The Bertz CT molecular complexity index is 557. The fraction of sp³-hybridized carbons (Fsp3) is 0.852. The molecule has 166 valence electrons. The minimum atomic E-state index is -0.100. The average Bonchev–Trinajstić information content (AvgIpc) is 3.11. The molecule has 0 aromatic carbocycles. The Morgan fingerprint density at radius 3 is 1.59 bits per heavy atom. The molecule has 0 aromatic heterocycles. The van der Waals surface area contributed by atoms with E-state index >= 15 is 0 Å². The van der Waals surface area contributed by atoms with Gasteiger partial charge in [0.1, 0.15) is 0 Å². The van der Waals surface area contributed by atoms with Gasteiger partial charge < -0.3 is 0 Å². The van der Waals surface area contributed by atoms with E-state index in [4.69, 9.17) is 0 Å². The van der Waals surface area contributed by atoms with Crippen LogP contribution in [-0.4, -0.2) is 27.3 Å². The van der Waals surface area contributed by atoms with Gasteiger partial charge in [-0.25, -0.2) is 0 Å². The van der Waals surface area contributed by atoms with Crippen molar-refractivity contribution in [3.8, 4) is 0 Å². The van der Waals surface area contributed by atoms with Gasteiger partial charge in [-0.05, 0) is 64.6 Å². The third-order valence-corrected chi connectivity index (χ3v) is 15.0. The van der Waals surface area contributed by atoms with Gasteiger partial charge in [0.25, 0.3) is 0 Å². The van der Waals surface area contributed by atoms with Crippen molar-refractivity contribution in [2.45, 2.75) is 146 Å². The molecule has 29 heavy (non-hydrogen) atoms. The van der Waals surface area contributed by atoms with Crippen LogP contribution in [0.5, 0.6) is 0 Å². The molecule has 0 amide bonds. The van der Waals surface area contributed by atoms with E-state index in [-0.39, 0.29) is 15.8 Å². The van der Waals surface area contributed by atoms with Crippen molar-refractivity contribution >= 4 is 15.8 Å². The molecule has 2 saturated carbocycles. The average molecular weight is 435 g/mol. The van der Waals surface area contributed by atoms with E-state index in [2.05, 4.69) is 60.6 Å². The molecule has 3 aliphatic carbocycles. The summed E-state index contributed by atoms with van der Waals surface area (Å²) in [5, 5.41) is 2.70. The fourth-order valence-electron chi connectivity index (χ4n) is 6.88. The molecule has 0 saturated heterocycles. The second-order valence-electron chi connectivity index (χ2n) is 11.9. The quantitative estimate of drug-likeness (QED) is 0.378. The summed E-state index contributed by atoms with van der Waals surface area (Å²) in [6, 6.07) is 0. The van der Waals surface area contributed by atoms with Crippen molar-refractivity contribution in [2.24, 2.45) is 0 Å². The van der Waals surface area contributed by atoms with Crippen LogP contribution in [0.4, 0.5) is 0 Å². The molecule has 0 aliphatic heterocycles. The topological polar surface area (TPSA) is 0 Å². The largest absolute Gasteiger partial charge is 0.0882 e.